The lowest BCUT2D eigenvalue weighted by Gasteiger charge is -2.18. The third-order valence-corrected chi connectivity index (χ3v) is 5.90. The molecular weight excluding hydrogens is 472 g/mol. The van der Waals surface area contributed by atoms with E-state index in [0.29, 0.717) is 33.2 Å². The summed E-state index contributed by atoms with van der Waals surface area (Å²) in [6.45, 7) is 7.37. The van der Waals surface area contributed by atoms with Gasteiger partial charge in [0.15, 0.2) is 0 Å². The van der Waals surface area contributed by atoms with E-state index in [-0.39, 0.29) is 11.8 Å². The van der Waals surface area contributed by atoms with Crippen LogP contribution < -0.4 is 10.7 Å². The summed E-state index contributed by atoms with van der Waals surface area (Å²) in [6.07, 6.45) is 0. The number of pyridine rings is 1. The molecule has 7 heteroatoms. The van der Waals surface area contributed by atoms with Crippen molar-refractivity contribution in [3.8, 4) is 11.3 Å². The van der Waals surface area contributed by atoms with E-state index in [9.17, 15) is 9.59 Å². The molecule has 4 aromatic rings. The van der Waals surface area contributed by atoms with Gasteiger partial charge in [-0.1, -0.05) is 74.8 Å². The first-order valence-corrected chi connectivity index (χ1v) is 11.9. The van der Waals surface area contributed by atoms with Gasteiger partial charge in [0.25, 0.3) is 5.91 Å². The Bertz CT molecular complexity index is 1470. The number of amides is 2. The molecule has 2 amide bonds. The van der Waals surface area contributed by atoms with Crippen molar-refractivity contribution in [1.82, 2.24) is 10.4 Å². The molecule has 0 unspecified atom stereocenters. The summed E-state index contributed by atoms with van der Waals surface area (Å²) in [5.41, 5.74) is 6.91. The zero-order valence-corrected chi connectivity index (χ0v) is 21.4. The predicted molar refractivity (Wildman–Crippen MR) is 146 cm³/mol. The Kier molecular flexibility index (Phi) is 7.17. The van der Waals surface area contributed by atoms with Gasteiger partial charge < -0.3 is 5.32 Å². The molecule has 2 N–H and O–H groups in total. The summed E-state index contributed by atoms with van der Waals surface area (Å²) in [5, 5.41) is 8.60. The van der Waals surface area contributed by atoms with Gasteiger partial charge in [-0.15, -0.1) is 0 Å². The molecule has 0 aliphatic heterocycles. The second kappa shape index (κ2) is 10.3. The highest BCUT2D eigenvalue weighted by molar-refractivity contribution is 6.30. The topological polar surface area (TPSA) is 83.4 Å². The first kappa shape index (κ1) is 25.1. The van der Waals surface area contributed by atoms with Crippen LogP contribution in [0, 0.1) is 5.41 Å². The number of fused-ring (bicyclic) bond motifs is 1. The standard InChI is InChI=1S/C29H27ClN4O2/c1-18(20-8-7-9-22(16-20)31-28(36)29(2,3)4)33-34-27(35)24-17-26(19-12-14-21(30)15-13-19)32-25-11-6-5-10-23(24)25/h5-17H,1-4H3,(H,31,36)(H,34,35)/b33-18+. The lowest BCUT2D eigenvalue weighted by molar-refractivity contribution is -0.123. The maximum atomic E-state index is 13.2. The molecule has 182 valence electrons. The molecule has 0 spiro atoms. The van der Waals surface area contributed by atoms with Crippen molar-refractivity contribution in [3.05, 3.63) is 95.0 Å². The van der Waals surface area contributed by atoms with Gasteiger partial charge in [-0.25, -0.2) is 10.4 Å². The Morgan fingerprint density at radius 1 is 0.917 bits per heavy atom. The number of halogens is 1. The zero-order chi connectivity index (χ0) is 25.9. The molecule has 0 bridgehead atoms. The number of hydrogen-bond donors (Lipinski definition) is 2. The SMILES string of the molecule is C/C(=N\NC(=O)c1cc(-c2ccc(Cl)cc2)nc2ccccc12)c1cccc(NC(=O)C(C)(C)C)c1. The largest absolute Gasteiger partial charge is 0.326 e. The van der Waals surface area contributed by atoms with Gasteiger partial charge in [0.2, 0.25) is 5.91 Å². The Hall–Kier alpha value is -4.03. The van der Waals surface area contributed by atoms with Crippen molar-refractivity contribution in [2.24, 2.45) is 10.5 Å². The van der Waals surface area contributed by atoms with Crippen LogP contribution in [0.25, 0.3) is 22.2 Å². The van der Waals surface area contributed by atoms with Crippen LogP contribution in [0.4, 0.5) is 5.69 Å². The maximum absolute atomic E-state index is 13.2. The van der Waals surface area contributed by atoms with Crippen LogP contribution in [0.5, 0.6) is 0 Å². The van der Waals surface area contributed by atoms with Crippen molar-refractivity contribution in [3.63, 3.8) is 0 Å². The molecule has 0 radical (unpaired) electrons. The van der Waals surface area contributed by atoms with E-state index in [0.717, 1.165) is 16.5 Å². The highest BCUT2D eigenvalue weighted by atomic mass is 35.5. The first-order valence-electron chi connectivity index (χ1n) is 11.5. The molecule has 0 atom stereocenters. The molecule has 1 heterocycles. The number of anilines is 1. The van der Waals surface area contributed by atoms with E-state index >= 15 is 0 Å². The van der Waals surface area contributed by atoms with Crippen LogP contribution in [-0.4, -0.2) is 22.5 Å². The van der Waals surface area contributed by atoms with Crippen molar-refractivity contribution in [2.75, 3.05) is 5.32 Å². The van der Waals surface area contributed by atoms with E-state index in [1.165, 1.54) is 0 Å². The molecule has 4 rings (SSSR count). The Morgan fingerprint density at radius 3 is 2.36 bits per heavy atom. The fraction of sp³-hybridized carbons (Fsp3) is 0.172. The fourth-order valence-electron chi connectivity index (χ4n) is 3.53. The van der Waals surface area contributed by atoms with Gasteiger partial charge in [-0.2, -0.15) is 5.10 Å². The summed E-state index contributed by atoms with van der Waals surface area (Å²) >= 11 is 6.03. The minimum absolute atomic E-state index is 0.0800. The second-order valence-corrected chi connectivity index (χ2v) is 9.94. The minimum Gasteiger partial charge on any atom is -0.326 e. The van der Waals surface area contributed by atoms with E-state index < -0.39 is 5.41 Å². The zero-order valence-electron chi connectivity index (χ0n) is 20.6. The molecule has 6 nitrogen and oxygen atoms in total. The van der Waals surface area contributed by atoms with E-state index in [2.05, 4.69) is 15.8 Å². The third kappa shape index (κ3) is 5.78. The predicted octanol–water partition coefficient (Wildman–Crippen LogP) is 6.69. The average Bonchev–Trinajstić information content (AvgIpc) is 2.86. The van der Waals surface area contributed by atoms with Crippen LogP contribution in [0.2, 0.25) is 5.02 Å². The normalized spacial score (nSPS) is 11.9. The van der Waals surface area contributed by atoms with Gasteiger partial charge >= 0.3 is 0 Å². The smallest absolute Gasteiger partial charge is 0.272 e. The number of nitrogens with one attached hydrogen (secondary N) is 2. The van der Waals surface area contributed by atoms with Crippen LogP contribution in [0.15, 0.2) is 84.0 Å². The molecular formula is C29H27ClN4O2. The molecule has 0 saturated carbocycles. The van der Waals surface area contributed by atoms with Crippen LogP contribution in [-0.2, 0) is 4.79 Å². The number of hydrazone groups is 1. The van der Waals surface area contributed by atoms with E-state index in [1.807, 2.05) is 81.4 Å². The third-order valence-electron chi connectivity index (χ3n) is 5.65. The highest BCUT2D eigenvalue weighted by Gasteiger charge is 2.21. The van der Waals surface area contributed by atoms with Crippen molar-refractivity contribution in [2.45, 2.75) is 27.7 Å². The number of benzene rings is 3. The van der Waals surface area contributed by atoms with Crippen LogP contribution >= 0.6 is 11.6 Å². The molecule has 36 heavy (non-hydrogen) atoms. The first-order chi connectivity index (χ1) is 17.1. The number of hydrogen-bond acceptors (Lipinski definition) is 4. The summed E-state index contributed by atoms with van der Waals surface area (Å²) < 4.78 is 0. The number of aromatic nitrogens is 1. The fourth-order valence-corrected chi connectivity index (χ4v) is 3.66. The van der Waals surface area contributed by atoms with Crippen LogP contribution in [0.1, 0.15) is 43.6 Å². The lowest BCUT2D eigenvalue weighted by Crippen LogP contribution is -2.27. The Morgan fingerprint density at radius 2 is 1.64 bits per heavy atom. The Balaban J connectivity index is 1.60. The number of carbonyl (C=O) groups excluding carboxylic acids is 2. The molecule has 1 aromatic heterocycles. The van der Waals surface area contributed by atoms with Crippen LogP contribution in [0.3, 0.4) is 0 Å². The van der Waals surface area contributed by atoms with Gasteiger partial charge in [0.1, 0.15) is 0 Å². The maximum Gasteiger partial charge on any atom is 0.272 e. The quantitative estimate of drug-likeness (QED) is 0.237. The lowest BCUT2D eigenvalue weighted by atomic mass is 9.95. The average molecular weight is 499 g/mol. The van der Waals surface area contributed by atoms with Crippen molar-refractivity contribution >= 4 is 45.7 Å². The van der Waals surface area contributed by atoms with Gasteiger partial charge in [-0.3, -0.25) is 9.59 Å². The van der Waals surface area contributed by atoms with Crippen molar-refractivity contribution in [1.29, 1.82) is 0 Å². The number of carbonyl (C=O) groups is 2. The summed E-state index contributed by atoms with van der Waals surface area (Å²) in [5.74, 6) is -0.427. The Labute approximate surface area is 215 Å². The highest BCUT2D eigenvalue weighted by Crippen LogP contribution is 2.26. The minimum atomic E-state index is -0.509. The van der Waals surface area contributed by atoms with Crippen molar-refractivity contribution < 1.29 is 9.59 Å². The molecule has 0 aliphatic carbocycles. The molecule has 0 fully saturated rings. The second-order valence-electron chi connectivity index (χ2n) is 9.50. The molecule has 0 aliphatic rings. The van der Waals surface area contributed by atoms with E-state index in [1.54, 1.807) is 25.1 Å². The number of nitrogens with zero attached hydrogens (tertiary/aromatic N) is 2. The summed E-state index contributed by atoms with van der Waals surface area (Å²) in [7, 11) is 0. The number of para-hydroxylation sites is 1. The molecule has 3 aromatic carbocycles. The monoisotopic (exact) mass is 498 g/mol. The summed E-state index contributed by atoms with van der Waals surface area (Å²) in [6, 6.07) is 23.9. The number of rotatable bonds is 5. The van der Waals surface area contributed by atoms with Gasteiger partial charge in [0.05, 0.1) is 22.5 Å². The van der Waals surface area contributed by atoms with Gasteiger partial charge in [-0.05, 0) is 48.9 Å². The molecule has 0 saturated heterocycles. The summed E-state index contributed by atoms with van der Waals surface area (Å²) in [4.78, 5) is 30.3. The van der Waals surface area contributed by atoms with E-state index in [4.69, 9.17) is 16.6 Å². The van der Waals surface area contributed by atoms with Gasteiger partial charge in [0, 0.05) is 27.1 Å².